The van der Waals surface area contributed by atoms with Crippen molar-refractivity contribution in [2.45, 2.75) is 18.9 Å². The van der Waals surface area contributed by atoms with Gasteiger partial charge in [-0.05, 0) is 17.7 Å². The van der Waals surface area contributed by atoms with E-state index in [1.165, 1.54) is 6.07 Å². The van der Waals surface area contributed by atoms with Crippen molar-refractivity contribution >= 4 is 15.9 Å². The van der Waals surface area contributed by atoms with Gasteiger partial charge in [-0.3, -0.25) is 0 Å². The number of fused-ring (bicyclic) bond motifs is 1. The molecule has 14 heavy (non-hydrogen) atoms. The number of benzene rings is 1. The summed E-state index contributed by atoms with van der Waals surface area (Å²) in [6.07, 6.45) is -0.123. The summed E-state index contributed by atoms with van der Waals surface area (Å²) >= 11 is 3.28. The fourth-order valence-corrected chi connectivity index (χ4v) is 2.08. The van der Waals surface area contributed by atoms with Crippen molar-refractivity contribution in [2.75, 3.05) is 6.54 Å². The highest BCUT2D eigenvalue weighted by molar-refractivity contribution is 9.10. The van der Waals surface area contributed by atoms with E-state index in [0.717, 1.165) is 4.47 Å². The monoisotopic (exact) mass is 261 g/mol. The molecule has 0 amide bonds. The van der Waals surface area contributed by atoms with Gasteiger partial charge in [0.25, 0.3) is 5.92 Å². The molecule has 1 aromatic carbocycles. The minimum atomic E-state index is -2.69. The van der Waals surface area contributed by atoms with Crippen molar-refractivity contribution < 1.29 is 8.78 Å². The summed E-state index contributed by atoms with van der Waals surface area (Å²) in [5, 5.41) is 2.99. The Balaban J connectivity index is 2.50. The van der Waals surface area contributed by atoms with Crippen LogP contribution in [0.1, 0.15) is 17.5 Å². The molecule has 0 unspecified atom stereocenters. The fourth-order valence-electron chi connectivity index (χ4n) is 1.67. The van der Waals surface area contributed by atoms with Crippen LogP contribution in [0, 0.1) is 0 Å². The predicted octanol–water partition coefficient (Wildman–Crippen LogP) is 3.03. The third kappa shape index (κ3) is 1.81. The number of rotatable bonds is 0. The molecular weight excluding hydrogens is 252 g/mol. The molecule has 1 heterocycles. The molecule has 0 saturated carbocycles. The second kappa shape index (κ2) is 3.59. The molecule has 0 aromatic heterocycles. The molecule has 0 aliphatic carbocycles. The lowest BCUT2D eigenvalue weighted by atomic mass is 10.0. The Morgan fingerprint density at radius 2 is 2.14 bits per heavy atom. The van der Waals surface area contributed by atoms with E-state index in [9.17, 15) is 8.78 Å². The first-order chi connectivity index (χ1) is 6.59. The van der Waals surface area contributed by atoms with Crippen LogP contribution in [-0.4, -0.2) is 6.54 Å². The maximum atomic E-state index is 13.5. The lowest BCUT2D eigenvalue weighted by molar-refractivity contribution is -0.0106. The van der Waals surface area contributed by atoms with Gasteiger partial charge in [-0.2, -0.15) is 0 Å². The zero-order chi connectivity index (χ0) is 10.2. The van der Waals surface area contributed by atoms with E-state index in [0.29, 0.717) is 18.7 Å². The van der Waals surface area contributed by atoms with Crippen molar-refractivity contribution in [1.29, 1.82) is 0 Å². The number of hydrogen-bond acceptors (Lipinski definition) is 1. The molecule has 0 spiro atoms. The molecule has 76 valence electrons. The molecule has 1 aromatic rings. The number of nitrogens with one attached hydrogen (secondary N) is 1. The van der Waals surface area contributed by atoms with E-state index in [1.807, 2.05) is 0 Å². The lowest BCUT2D eigenvalue weighted by Crippen LogP contribution is -2.17. The molecule has 0 saturated heterocycles. The highest BCUT2D eigenvalue weighted by Crippen LogP contribution is 2.36. The van der Waals surface area contributed by atoms with Crippen molar-refractivity contribution in [3.05, 3.63) is 33.8 Å². The molecule has 1 nitrogen and oxygen atoms in total. The van der Waals surface area contributed by atoms with Crippen LogP contribution in [0.5, 0.6) is 0 Å². The summed E-state index contributed by atoms with van der Waals surface area (Å²) in [5.41, 5.74) is 0.840. The molecule has 4 heteroatoms. The van der Waals surface area contributed by atoms with Gasteiger partial charge in [0.2, 0.25) is 0 Å². The zero-order valence-electron chi connectivity index (χ0n) is 7.49. The Bertz CT molecular complexity index is 352. The smallest absolute Gasteiger partial charge is 0.274 e. The maximum absolute atomic E-state index is 13.5. The minimum absolute atomic E-state index is 0.123. The summed E-state index contributed by atoms with van der Waals surface area (Å²) in [6.45, 7) is 0.879. The van der Waals surface area contributed by atoms with E-state index in [-0.39, 0.29) is 12.0 Å². The first-order valence-corrected chi connectivity index (χ1v) is 5.26. The Morgan fingerprint density at radius 3 is 2.93 bits per heavy atom. The average Bonchev–Trinajstić information content (AvgIpc) is 2.25. The van der Waals surface area contributed by atoms with Crippen LogP contribution < -0.4 is 5.32 Å². The van der Waals surface area contributed by atoms with E-state index in [2.05, 4.69) is 21.2 Å². The van der Waals surface area contributed by atoms with Crippen LogP contribution in [-0.2, 0) is 12.5 Å². The van der Waals surface area contributed by atoms with Gasteiger partial charge in [0.1, 0.15) is 0 Å². The zero-order valence-corrected chi connectivity index (χ0v) is 9.07. The topological polar surface area (TPSA) is 12.0 Å². The summed E-state index contributed by atoms with van der Waals surface area (Å²) in [6, 6.07) is 4.92. The summed E-state index contributed by atoms with van der Waals surface area (Å²) in [5.74, 6) is -2.69. The Hall–Kier alpha value is -0.480. The molecule has 1 aliphatic heterocycles. The van der Waals surface area contributed by atoms with Crippen molar-refractivity contribution in [1.82, 2.24) is 5.32 Å². The highest BCUT2D eigenvalue weighted by atomic mass is 79.9. The maximum Gasteiger partial charge on any atom is 0.274 e. The first-order valence-electron chi connectivity index (χ1n) is 4.47. The van der Waals surface area contributed by atoms with Gasteiger partial charge in [-0.25, -0.2) is 8.78 Å². The Morgan fingerprint density at radius 1 is 1.36 bits per heavy atom. The van der Waals surface area contributed by atoms with Crippen LogP contribution >= 0.6 is 15.9 Å². The van der Waals surface area contributed by atoms with Gasteiger partial charge in [0, 0.05) is 29.5 Å². The number of alkyl halides is 2. The van der Waals surface area contributed by atoms with Crippen LogP contribution in [0.3, 0.4) is 0 Å². The van der Waals surface area contributed by atoms with Gasteiger partial charge in [0.15, 0.2) is 0 Å². The van der Waals surface area contributed by atoms with Crippen molar-refractivity contribution in [2.24, 2.45) is 0 Å². The Labute approximate surface area is 89.6 Å². The van der Waals surface area contributed by atoms with Crippen molar-refractivity contribution in [3.63, 3.8) is 0 Å². The molecule has 0 fully saturated rings. The van der Waals surface area contributed by atoms with Gasteiger partial charge < -0.3 is 5.32 Å². The first kappa shape index (κ1) is 10.1. The normalized spacial score (nSPS) is 19.9. The quantitative estimate of drug-likeness (QED) is 0.757. The van der Waals surface area contributed by atoms with E-state index < -0.39 is 5.92 Å². The van der Waals surface area contributed by atoms with Crippen LogP contribution in [0.2, 0.25) is 0 Å². The molecule has 1 N–H and O–H groups in total. The van der Waals surface area contributed by atoms with Crippen LogP contribution in [0.4, 0.5) is 8.78 Å². The Kier molecular flexibility index (Phi) is 2.58. The second-order valence-corrected chi connectivity index (χ2v) is 4.35. The highest BCUT2D eigenvalue weighted by Gasteiger charge is 2.34. The average molecular weight is 262 g/mol. The van der Waals surface area contributed by atoms with Gasteiger partial charge in [0.05, 0.1) is 0 Å². The lowest BCUT2D eigenvalue weighted by Gasteiger charge is -2.16. The number of hydrogen-bond donors (Lipinski definition) is 1. The fraction of sp³-hybridized carbons (Fsp3) is 0.400. The summed E-state index contributed by atoms with van der Waals surface area (Å²) in [7, 11) is 0. The van der Waals surface area contributed by atoms with Crippen LogP contribution in [0.15, 0.2) is 22.7 Å². The summed E-state index contributed by atoms with van der Waals surface area (Å²) < 4.78 is 27.9. The van der Waals surface area contributed by atoms with E-state index in [4.69, 9.17) is 0 Å². The second-order valence-electron chi connectivity index (χ2n) is 3.43. The molecule has 2 rings (SSSR count). The molecule has 0 atom stereocenters. The SMILES string of the molecule is FC1(F)CCNCc2cc(Br)ccc21. The third-order valence-corrected chi connectivity index (χ3v) is 2.89. The minimum Gasteiger partial charge on any atom is -0.312 e. The van der Waals surface area contributed by atoms with Gasteiger partial charge in [-0.1, -0.05) is 22.0 Å². The van der Waals surface area contributed by atoms with E-state index >= 15 is 0 Å². The van der Waals surface area contributed by atoms with Gasteiger partial charge >= 0.3 is 0 Å². The third-order valence-electron chi connectivity index (χ3n) is 2.39. The molecular formula is C10H10BrF2N. The number of halogens is 3. The predicted molar refractivity (Wildman–Crippen MR) is 54.4 cm³/mol. The van der Waals surface area contributed by atoms with Crippen LogP contribution in [0.25, 0.3) is 0 Å². The van der Waals surface area contributed by atoms with Crippen molar-refractivity contribution in [3.8, 4) is 0 Å². The van der Waals surface area contributed by atoms with Gasteiger partial charge in [-0.15, -0.1) is 0 Å². The standard InChI is InChI=1S/C10H10BrF2N/c11-8-1-2-9-7(5-8)6-14-4-3-10(9,12)13/h1-2,5,14H,3-4,6H2. The van der Waals surface area contributed by atoms with E-state index in [1.54, 1.807) is 12.1 Å². The molecule has 1 aliphatic rings. The molecule has 0 bridgehead atoms. The molecule has 0 radical (unpaired) electrons. The largest absolute Gasteiger partial charge is 0.312 e. The summed E-state index contributed by atoms with van der Waals surface area (Å²) in [4.78, 5) is 0.